The van der Waals surface area contributed by atoms with E-state index >= 15 is 0 Å². The highest BCUT2D eigenvalue weighted by Crippen LogP contribution is 2.38. The summed E-state index contributed by atoms with van der Waals surface area (Å²) in [4.78, 5) is 0.221. The lowest BCUT2D eigenvalue weighted by Crippen LogP contribution is -2.36. The van der Waals surface area contributed by atoms with E-state index in [1.54, 1.807) is 12.1 Å². The van der Waals surface area contributed by atoms with E-state index in [0.29, 0.717) is 5.75 Å². The maximum Gasteiger partial charge on any atom is 0.268 e. The lowest BCUT2D eigenvalue weighted by molar-refractivity contribution is 0.402. The van der Waals surface area contributed by atoms with Gasteiger partial charge in [0.15, 0.2) is 0 Å². The highest BCUT2D eigenvalue weighted by atomic mass is 32.2. The van der Waals surface area contributed by atoms with Crippen LogP contribution in [0.2, 0.25) is 0 Å². The summed E-state index contributed by atoms with van der Waals surface area (Å²) in [5.74, 6) is 0.377. The number of hydrogen-bond acceptors (Lipinski definition) is 3. The Balaban J connectivity index is 2.17. The van der Waals surface area contributed by atoms with E-state index in [-0.39, 0.29) is 10.9 Å². The van der Waals surface area contributed by atoms with E-state index in [4.69, 9.17) is 4.74 Å². The fraction of sp³-hybridized carbons (Fsp3) is 0.294. The standard InChI is InChI=1S/C17H19NO3S/c1-12-8-9-16(21-3)17(10-12)22(19,20)18-13(2)11-14-6-4-5-7-15(14)18/h4-10,13H,11H2,1-3H3/t13-/m1/s1. The molecule has 1 atom stereocenters. The summed E-state index contributed by atoms with van der Waals surface area (Å²) in [5, 5.41) is 0. The minimum Gasteiger partial charge on any atom is -0.495 e. The van der Waals surface area contributed by atoms with Crippen LogP contribution < -0.4 is 9.04 Å². The largest absolute Gasteiger partial charge is 0.495 e. The first-order chi connectivity index (χ1) is 10.4. The zero-order valence-electron chi connectivity index (χ0n) is 12.9. The van der Waals surface area contributed by atoms with Crippen molar-refractivity contribution in [3.8, 4) is 5.75 Å². The molecule has 1 heterocycles. The van der Waals surface area contributed by atoms with Crippen LogP contribution in [0.25, 0.3) is 0 Å². The quantitative estimate of drug-likeness (QED) is 0.873. The van der Waals surface area contributed by atoms with Gasteiger partial charge in [-0.15, -0.1) is 0 Å². The number of aryl methyl sites for hydroxylation is 1. The minimum absolute atomic E-state index is 0.104. The van der Waals surface area contributed by atoms with Crippen LogP contribution in [-0.2, 0) is 16.4 Å². The Bertz CT molecular complexity index is 814. The first-order valence-corrected chi connectivity index (χ1v) is 8.66. The molecule has 0 aliphatic carbocycles. The van der Waals surface area contributed by atoms with Gasteiger partial charge in [-0.05, 0) is 49.6 Å². The number of anilines is 1. The number of rotatable bonds is 3. The Hall–Kier alpha value is -2.01. The van der Waals surface area contributed by atoms with Crippen molar-refractivity contribution in [2.75, 3.05) is 11.4 Å². The van der Waals surface area contributed by atoms with Gasteiger partial charge >= 0.3 is 0 Å². The fourth-order valence-corrected chi connectivity index (χ4v) is 4.93. The molecule has 22 heavy (non-hydrogen) atoms. The smallest absolute Gasteiger partial charge is 0.268 e. The van der Waals surface area contributed by atoms with Crippen molar-refractivity contribution in [2.24, 2.45) is 0 Å². The van der Waals surface area contributed by atoms with E-state index in [0.717, 1.165) is 23.2 Å². The topological polar surface area (TPSA) is 46.6 Å². The molecule has 3 rings (SSSR count). The SMILES string of the molecule is COc1ccc(C)cc1S(=O)(=O)N1c2ccccc2C[C@H]1C. The molecule has 2 aromatic carbocycles. The molecule has 0 N–H and O–H groups in total. The van der Waals surface area contributed by atoms with Crippen LogP contribution in [0.4, 0.5) is 5.69 Å². The van der Waals surface area contributed by atoms with Crippen molar-refractivity contribution >= 4 is 15.7 Å². The Labute approximate surface area is 131 Å². The summed E-state index contributed by atoms with van der Waals surface area (Å²) in [6.07, 6.45) is 0.726. The van der Waals surface area contributed by atoms with E-state index in [1.165, 1.54) is 11.4 Å². The molecule has 116 valence electrons. The van der Waals surface area contributed by atoms with Gasteiger partial charge in [0.2, 0.25) is 0 Å². The van der Waals surface area contributed by atoms with Gasteiger partial charge in [-0.25, -0.2) is 8.42 Å². The predicted molar refractivity (Wildman–Crippen MR) is 87.0 cm³/mol. The predicted octanol–water partition coefficient (Wildman–Crippen LogP) is 3.14. The van der Waals surface area contributed by atoms with Crippen molar-refractivity contribution in [3.05, 3.63) is 53.6 Å². The second kappa shape index (κ2) is 5.32. The first-order valence-electron chi connectivity index (χ1n) is 7.22. The van der Waals surface area contributed by atoms with Crippen LogP contribution in [0.15, 0.2) is 47.4 Å². The average Bonchev–Trinajstić information content (AvgIpc) is 2.83. The normalized spacial score (nSPS) is 17.4. The van der Waals surface area contributed by atoms with Crippen LogP contribution in [-0.4, -0.2) is 21.6 Å². The van der Waals surface area contributed by atoms with Crippen LogP contribution in [0.3, 0.4) is 0 Å². The van der Waals surface area contributed by atoms with Crippen LogP contribution in [0, 0.1) is 6.92 Å². The van der Waals surface area contributed by atoms with Crippen molar-refractivity contribution in [1.82, 2.24) is 0 Å². The zero-order chi connectivity index (χ0) is 15.9. The highest BCUT2D eigenvalue weighted by Gasteiger charge is 2.37. The molecule has 0 saturated carbocycles. The Morgan fingerprint density at radius 1 is 1.18 bits per heavy atom. The molecule has 0 amide bonds. The van der Waals surface area contributed by atoms with Crippen molar-refractivity contribution < 1.29 is 13.2 Å². The van der Waals surface area contributed by atoms with E-state index < -0.39 is 10.0 Å². The molecule has 0 aromatic heterocycles. The number of hydrogen-bond donors (Lipinski definition) is 0. The van der Waals surface area contributed by atoms with E-state index in [2.05, 4.69) is 0 Å². The second-order valence-corrected chi connectivity index (χ2v) is 7.42. The molecule has 5 heteroatoms. The molecule has 0 spiro atoms. The maximum absolute atomic E-state index is 13.2. The van der Waals surface area contributed by atoms with Gasteiger partial charge in [-0.1, -0.05) is 24.3 Å². The molecule has 4 nitrogen and oxygen atoms in total. The van der Waals surface area contributed by atoms with Gasteiger partial charge in [0.1, 0.15) is 10.6 Å². The summed E-state index contributed by atoms with van der Waals surface area (Å²) in [5.41, 5.74) is 2.71. The average molecular weight is 317 g/mol. The summed E-state index contributed by atoms with van der Waals surface area (Å²) < 4.78 is 33.1. The number of fused-ring (bicyclic) bond motifs is 1. The van der Waals surface area contributed by atoms with Crippen molar-refractivity contribution in [1.29, 1.82) is 0 Å². The van der Waals surface area contributed by atoms with Gasteiger partial charge in [0.05, 0.1) is 12.8 Å². The van der Waals surface area contributed by atoms with Gasteiger partial charge in [0, 0.05) is 6.04 Å². The Morgan fingerprint density at radius 3 is 2.64 bits per heavy atom. The number of methoxy groups -OCH3 is 1. The lowest BCUT2D eigenvalue weighted by atomic mass is 10.1. The van der Waals surface area contributed by atoms with E-state index in [1.807, 2.05) is 44.2 Å². The molecule has 0 radical (unpaired) electrons. The first kappa shape index (κ1) is 14.9. The number of ether oxygens (including phenoxy) is 1. The molecular weight excluding hydrogens is 298 g/mol. The van der Waals surface area contributed by atoms with Crippen molar-refractivity contribution in [2.45, 2.75) is 31.2 Å². The zero-order valence-corrected chi connectivity index (χ0v) is 13.7. The monoisotopic (exact) mass is 317 g/mol. The van der Waals surface area contributed by atoms with Crippen LogP contribution in [0.5, 0.6) is 5.75 Å². The van der Waals surface area contributed by atoms with Crippen LogP contribution in [0.1, 0.15) is 18.1 Å². The number of para-hydroxylation sites is 1. The molecule has 0 fully saturated rings. The fourth-order valence-electron chi connectivity index (χ4n) is 2.99. The van der Waals surface area contributed by atoms with Gasteiger partial charge in [-0.3, -0.25) is 4.31 Å². The third-order valence-corrected chi connectivity index (χ3v) is 5.95. The molecule has 1 aliphatic heterocycles. The number of benzene rings is 2. The molecular formula is C17H19NO3S. The lowest BCUT2D eigenvalue weighted by Gasteiger charge is -2.25. The van der Waals surface area contributed by atoms with Gasteiger partial charge in [0.25, 0.3) is 10.0 Å². The number of sulfonamides is 1. The molecule has 0 bridgehead atoms. The van der Waals surface area contributed by atoms with Crippen molar-refractivity contribution in [3.63, 3.8) is 0 Å². The molecule has 1 aliphatic rings. The third-order valence-electron chi connectivity index (χ3n) is 4.00. The molecule has 0 saturated heterocycles. The third kappa shape index (κ3) is 2.25. The highest BCUT2D eigenvalue weighted by molar-refractivity contribution is 7.93. The summed E-state index contributed by atoms with van der Waals surface area (Å²) >= 11 is 0. The van der Waals surface area contributed by atoms with E-state index in [9.17, 15) is 8.42 Å². The summed E-state index contributed by atoms with van der Waals surface area (Å²) in [6, 6.07) is 12.8. The Morgan fingerprint density at radius 2 is 1.91 bits per heavy atom. The minimum atomic E-state index is -3.66. The Kier molecular flexibility index (Phi) is 3.60. The summed E-state index contributed by atoms with van der Waals surface area (Å²) in [7, 11) is -2.17. The second-order valence-electron chi connectivity index (χ2n) is 5.64. The van der Waals surface area contributed by atoms with Crippen LogP contribution >= 0.6 is 0 Å². The molecule has 2 aromatic rings. The van der Waals surface area contributed by atoms with Gasteiger partial charge in [-0.2, -0.15) is 0 Å². The number of nitrogens with zero attached hydrogens (tertiary/aromatic N) is 1. The van der Waals surface area contributed by atoms with Gasteiger partial charge < -0.3 is 4.74 Å². The molecule has 0 unspecified atom stereocenters. The maximum atomic E-state index is 13.2. The summed E-state index contributed by atoms with van der Waals surface area (Å²) in [6.45, 7) is 3.81.